The van der Waals surface area contributed by atoms with Gasteiger partial charge in [-0.1, -0.05) is 28.1 Å². The fourth-order valence-electron chi connectivity index (χ4n) is 5.05. The van der Waals surface area contributed by atoms with Crippen LogP contribution in [0.1, 0.15) is 17.2 Å². The molecule has 12 heteroatoms. The van der Waals surface area contributed by atoms with Crippen molar-refractivity contribution < 1.29 is 32.6 Å². The topological polar surface area (TPSA) is 117 Å². The summed E-state index contributed by atoms with van der Waals surface area (Å²) < 4.78 is 38.9. The molecule has 0 aliphatic carbocycles. The summed E-state index contributed by atoms with van der Waals surface area (Å²) in [5.74, 6) is -1.79. The van der Waals surface area contributed by atoms with Crippen molar-refractivity contribution in [2.45, 2.75) is 10.9 Å². The fourth-order valence-corrected chi connectivity index (χ4v) is 6.72. The van der Waals surface area contributed by atoms with E-state index in [1.54, 1.807) is 0 Å². The van der Waals surface area contributed by atoms with Crippen LogP contribution in [0.3, 0.4) is 0 Å². The smallest absolute Gasteiger partial charge is 0.295 e. The number of aliphatic hydroxyl groups is 1. The summed E-state index contributed by atoms with van der Waals surface area (Å²) >= 11 is 3.42. The Balaban J connectivity index is 1.47. The third-order valence-electron chi connectivity index (χ3n) is 7.22. The van der Waals surface area contributed by atoms with Crippen LogP contribution in [0, 0.1) is 0 Å². The minimum Gasteiger partial charge on any atom is -0.507 e. The molecule has 1 atom stereocenters. The summed E-state index contributed by atoms with van der Waals surface area (Å²) in [7, 11) is -3.72. The number of hydrogen-bond donors (Lipinski definition) is 1. The number of Topliss-reactive ketones (excluding diaryl/α,β-unsaturated/α-hetero) is 1. The lowest BCUT2D eigenvalue weighted by molar-refractivity contribution is -0.140. The molecule has 1 unspecified atom stereocenters. The standard InChI is InChI=1S/C27H30BrN3O7S/c28-21-5-1-19(2-6-21)24-23(26(33)27(34)31(24)10-9-29-11-15-37-16-12-29)25(32)20-3-7-22(8-4-20)39(35,36)30-13-17-38-18-14-30/h1-8,24,32H,9-18H2. The first-order valence-electron chi connectivity index (χ1n) is 12.8. The summed E-state index contributed by atoms with van der Waals surface area (Å²) in [4.78, 5) is 30.3. The highest BCUT2D eigenvalue weighted by molar-refractivity contribution is 9.10. The molecule has 3 saturated heterocycles. The Bertz CT molecular complexity index is 1350. The number of halogens is 1. The van der Waals surface area contributed by atoms with Crippen LogP contribution in [0.2, 0.25) is 0 Å². The van der Waals surface area contributed by atoms with E-state index in [9.17, 15) is 23.1 Å². The normalized spacial score (nSPS) is 22.9. The highest BCUT2D eigenvalue weighted by Gasteiger charge is 2.46. The number of aliphatic hydroxyl groups excluding tert-OH is 1. The SMILES string of the molecule is O=C1C(=O)N(CCN2CCOCC2)C(c2ccc(Br)cc2)C1=C(O)c1ccc(S(=O)(=O)N2CCOCC2)cc1. The number of hydrogen-bond acceptors (Lipinski definition) is 8. The van der Waals surface area contributed by atoms with Gasteiger partial charge in [-0.25, -0.2) is 8.42 Å². The molecule has 0 bridgehead atoms. The van der Waals surface area contributed by atoms with Crippen LogP contribution >= 0.6 is 15.9 Å². The predicted molar refractivity (Wildman–Crippen MR) is 146 cm³/mol. The molecule has 0 saturated carbocycles. The molecule has 0 spiro atoms. The lowest BCUT2D eigenvalue weighted by atomic mass is 9.95. The van der Waals surface area contributed by atoms with E-state index in [1.165, 1.54) is 33.5 Å². The number of carbonyl (C=O) groups is 2. The summed E-state index contributed by atoms with van der Waals surface area (Å²) in [6.45, 7) is 4.80. The monoisotopic (exact) mass is 619 g/mol. The Kier molecular flexibility index (Phi) is 8.50. The Hall–Kier alpha value is -2.61. The van der Waals surface area contributed by atoms with Gasteiger partial charge < -0.3 is 19.5 Å². The average Bonchev–Trinajstić information content (AvgIpc) is 3.22. The molecule has 208 valence electrons. The summed E-state index contributed by atoms with van der Waals surface area (Å²) in [6, 6.07) is 12.2. The highest BCUT2D eigenvalue weighted by atomic mass is 79.9. The van der Waals surface area contributed by atoms with E-state index in [4.69, 9.17) is 9.47 Å². The quantitative estimate of drug-likeness (QED) is 0.285. The van der Waals surface area contributed by atoms with E-state index in [-0.39, 0.29) is 34.9 Å². The molecule has 0 aromatic heterocycles. The van der Waals surface area contributed by atoms with Gasteiger partial charge in [-0.05, 0) is 42.0 Å². The molecule has 10 nitrogen and oxygen atoms in total. The van der Waals surface area contributed by atoms with Crippen molar-refractivity contribution in [3.8, 4) is 0 Å². The van der Waals surface area contributed by atoms with Gasteiger partial charge in [0.2, 0.25) is 10.0 Å². The van der Waals surface area contributed by atoms with E-state index >= 15 is 0 Å². The second kappa shape index (κ2) is 11.9. The van der Waals surface area contributed by atoms with Crippen molar-refractivity contribution in [3.05, 3.63) is 69.7 Å². The maximum atomic E-state index is 13.3. The predicted octanol–water partition coefficient (Wildman–Crippen LogP) is 2.22. The van der Waals surface area contributed by atoms with Gasteiger partial charge in [0.1, 0.15) is 5.76 Å². The number of sulfonamides is 1. The van der Waals surface area contributed by atoms with Crippen molar-refractivity contribution in [2.75, 3.05) is 65.7 Å². The maximum absolute atomic E-state index is 13.3. The van der Waals surface area contributed by atoms with Gasteiger partial charge in [-0.15, -0.1) is 0 Å². The molecule has 0 radical (unpaired) electrons. The maximum Gasteiger partial charge on any atom is 0.295 e. The van der Waals surface area contributed by atoms with E-state index in [1.807, 2.05) is 24.3 Å². The lowest BCUT2D eigenvalue weighted by Crippen LogP contribution is -2.42. The van der Waals surface area contributed by atoms with Crippen molar-refractivity contribution in [1.29, 1.82) is 0 Å². The second-order valence-electron chi connectivity index (χ2n) is 9.54. The third-order valence-corrected chi connectivity index (χ3v) is 9.66. The van der Waals surface area contributed by atoms with Gasteiger partial charge in [0.05, 0.1) is 42.9 Å². The fraction of sp³-hybridized carbons (Fsp3) is 0.407. The Morgan fingerprint density at radius 3 is 2.08 bits per heavy atom. The first-order valence-corrected chi connectivity index (χ1v) is 15.0. The molecule has 3 aliphatic rings. The first-order chi connectivity index (χ1) is 18.8. The summed E-state index contributed by atoms with van der Waals surface area (Å²) in [6.07, 6.45) is 0. The van der Waals surface area contributed by atoms with Crippen LogP contribution in [-0.4, -0.2) is 105 Å². The number of nitrogens with zero attached hydrogens (tertiary/aromatic N) is 3. The van der Waals surface area contributed by atoms with E-state index in [2.05, 4.69) is 20.8 Å². The number of ether oxygens (including phenoxy) is 2. The van der Waals surface area contributed by atoms with Crippen molar-refractivity contribution in [3.63, 3.8) is 0 Å². The minimum absolute atomic E-state index is 0.0203. The van der Waals surface area contributed by atoms with Gasteiger partial charge >= 0.3 is 0 Å². The molecular weight excluding hydrogens is 590 g/mol. The molecule has 3 fully saturated rings. The Morgan fingerprint density at radius 1 is 0.872 bits per heavy atom. The molecular formula is C27H30BrN3O7S. The van der Waals surface area contributed by atoms with Crippen molar-refractivity contribution in [1.82, 2.24) is 14.1 Å². The van der Waals surface area contributed by atoms with Crippen LogP contribution in [0.15, 0.2) is 63.5 Å². The van der Waals surface area contributed by atoms with E-state index in [0.29, 0.717) is 45.1 Å². The minimum atomic E-state index is -3.72. The molecule has 5 rings (SSSR count). The third kappa shape index (κ3) is 5.81. The van der Waals surface area contributed by atoms with Gasteiger partial charge in [0.15, 0.2) is 0 Å². The van der Waals surface area contributed by atoms with Gasteiger partial charge in [0.25, 0.3) is 11.7 Å². The van der Waals surface area contributed by atoms with Crippen LogP contribution in [0.5, 0.6) is 0 Å². The highest BCUT2D eigenvalue weighted by Crippen LogP contribution is 2.39. The van der Waals surface area contributed by atoms with E-state index in [0.717, 1.165) is 17.6 Å². The van der Waals surface area contributed by atoms with Crippen LogP contribution in [0.25, 0.3) is 5.76 Å². The molecule has 1 N–H and O–H groups in total. The van der Waals surface area contributed by atoms with Crippen LogP contribution < -0.4 is 0 Å². The average molecular weight is 621 g/mol. The van der Waals surface area contributed by atoms with Crippen molar-refractivity contribution >= 4 is 43.4 Å². The molecule has 2 aromatic carbocycles. The Labute approximate surface area is 236 Å². The molecule has 1 amide bonds. The number of ketones is 1. The Morgan fingerprint density at radius 2 is 1.46 bits per heavy atom. The summed E-state index contributed by atoms with van der Waals surface area (Å²) in [5, 5.41) is 11.3. The number of morpholine rings is 2. The van der Waals surface area contributed by atoms with Gasteiger partial charge in [-0.2, -0.15) is 4.31 Å². The molecule has 2 aromatic rings. The van der Waals surface area contributed by atoms with Crippen molar-refractivity contribution in [2.24, 2.45) is 0 Å². The zero-order valence-electron chi connectivity index (χ0n) is 21.3. The molecule has 39 heavy (non-hydrogen) atoms. The number of amides is 1. The molecule has 3 aliphatic heterocycles. The zero-order valence-corrected chi connectivity index (χ0v) is 23.7. The van der Waals surface area contributed by atoms with Gasteiger partial charge in [0, 0.05) is 49.3 Å². The number of carbonyl (C=O) groups excluding carboxylic acids is 2. The largest absolute Gasteiger partial charge is 0.507 e. The lowest BCUT2D eigenvalue weighted by Gasteiger charge is -2.31. The van der Waals surface area contributed by atoms with Crippen LogP contribution in [-0.2, 0) is 29.1 Å². The zero-order chi connectivity index (χ0) is 27.6. The first kappa shape index (κ1) is 27.9. The summed E-state index contributed by atoms with van der Waals surface area (Å²) in [5.41, 5.74) is 0.921. The van der Waals surface area contributed by atoms with Gasteiger partial charge in [-0.3, -0.25) is 14.5 Å². The van der Waals surface area contributed by atoms with Crippen LogP contribution in [0.4, 0.5) is 0 Å². The number of benzene rings is 2. The molecule has 3 heterocycles. The second-order valence-corrected chi connectivity index (χ2v) is 12.4. The van der Waals surface area contributed by atoms with E-state index < -0.39 is 27.8 Å². The number of likely N-dealkylation sites (tertiary alicyclic amines) is 1. The number of rotatable bonds is 7.